The average molecular weight is 462 g/mol. The Labute approximate surface area is 184 Å². The second-order valence-electron chi connectivity index (χ2n) is 7.61. The molecular weight excluding hydrogens is 438 g/mol. The molecule has 0 saturated heterocycles. The highest BCUT2D eigenvalue weighted by molar-refractivity contribution is 7.90. The molecule has 164 valence electrons. The average Bonchev–Trinajstić information content (AvgIpc) is 3.31. The first-order valence-corrected chi connectivity index (χ1v) is 12.7. The molecule has 2 aromatic heterocycles. The van der Waals surface area contributed by atoms with Crippen molar-refractivity contribution in [1.82, 2.24) is 25.1 Å². The van der Waals surface area contributed by atoms with E-state index in [4.69, 9.17) is 9.72 Å². The molecule has 11 heteroatoms. The van der Waals surface area contributed by atoms with E-state index in [1.54, 1.807) is 29.5 Å². The van der Waals surface area contributed by atoms with Gasteiger partial charge in [0, 0.05) is 41.3 Å². The first kappa shape index (κ1) is 21.4. The summed E-state index contributed by atoms with van der Waals surface area (Å²) in [6.07, 6.45) is 3.37. The van der Waals surface area contributed by atoms with Crippen molar-refractivity contribution in [3.63, 3.8) is 0 Å². The second-order valence-corrected chi connectivity index (χ2v) is 11.0. The van der Waals surface area contributed by atoms with E-state index in [2.05, 4.69) is 15.4 Å². The lowest BCUT2D eigenvalue weighted by Gasteiger charge is -2.10. The van der Waals surface area contributed by atoms with E-state index in [0.29, 0.717) is 30.2 Å². The zero-order valence-corrected chi connectivity index (χ0v) is 19.1. The van der Waals surface area contributed by atoms with Gasteiger partial charge in [0.05, 0.1) is 18.1 Å². The van der Waals surface area contributed by atoms with Gasteiger partial charge in [0.2, 0.25) is 0 Å². The maximum atomic E-state index is 12.5. The molecule has 3 heterocycles. The van der Waals surface area contributed by atoms with Gasteiger partial charge in [-0.25, -0.2) is 23.1 Å². The fourth-order valence-electron chi connectivity index (χ4n) is 3.30. The molecule has 0 bridgehead atoms. The quantitative estimate of drug-likeness (QED) is 0.599. The summed E-state index contributed by atoms with van der Waals surface area (Å²) in [6, 6.07) is 5.32. The lowest BCUT2D eigenvalue weighted by atomic mass is 10.1. The lowest BCUT2D eigenvalue weighted by Crippen LogP contribution is -2.28. The van der Waals surface area contributed by atoms with Gasteiger partial charge in [-0.15, -0.1) is 11.3 Å². The van der Waals surface area contributed by atoms with Crippen LogP contribution in [-0.2, 0) is 16.3 Å². The predicted molar refractivity (Wildman–Crippen MR) is 118 cm³/mol. The number of hydrogen-bond donors (Lipinski definition) is 1. The topological polar surface area (TPSA) is 116 Å². The molecule has 0 aliphatic carbocycles. The van der Waals surface area contributed by atoms with Crippen molar-refractivity contribution >= 4 is 27.1 Å². The fraction of sp³-hybridized carbons (Fsp3) is 0.400. The predicted octanol–water partition coefficient (Wildman–Crippen LogP) is 2.36. The SMILES string of the molecule is CC(C)n1ncnc1-c1nc2c(s1)CCOc1ccc(C(=O)NCCS(C)(=O)=O)cc1-2. The molecule has 0 radical (unpaired) electrons. The molecule has 1 aliphatic heterocycles. The zero-order valence-electron chi connectivity index (χ0n) is 17.5. The van der Waals surface area contributed by atoms with Crippen LogP contribution >= 0.6 is 11.3 Å². The number of hydrogen-bond acceptors (Lipinski definition) is 8. The number of ether oxygens (including phenoxy) is 1. The number of amides is 1. The van der Waals surface area contributed by atoms with Gasteiger partial charge in [0.25, 0.3) is 5.91 Å². The molecule has 0 atom stereocenters. The van der Waals surface area contributed by atoms with E-state index in [-0.39, 0.29) is 24.2 Å². The molecule has 4 rings (SSSR count). The Morgan fingerprint density at radius 1 is 1.35 bits per heavy atom. The van der Waals surface area contributed by atoms with E-state index >= 15 is 0 Å². The minimum atomic E-state index is -3.15. The first-order valence-electron chi connectivity index (χ1n) is 9.85. The van der Waals surface area contributed by atoms with Gasteiger partial charge < -0.3 is 10.1 Å². The van der Waals surface area contributed by atoms with Crippen LogP contribution < -0.4 is 10.1 Å². The lowest BCUT2D eigenvalue weighted by molar-refractivity contribution is 0.0956. The zero-order chi connectivity index (χ0) is 22.2. The van der Waals surface area contributed by atoms with Crippen LogP contribution in [0.2, 0.25) is 0 Å². The summed E-state index contributed by atoms with van der Waals surface area (Å²) in [5.74, 6) is 0.925. The second kappa shape index (κ2) is 8.39. The Balaban J connectivity index is 1.67. The van der Waals surface area contributed by atoms with Gasteiger partial charge in [0.1, 0.15) is 21.9 Å². The highest BCUT2D eigenvalue weighted by Gasteiger charge is 2.24. The number of sulfone groups is 1. The Morgan fingerprint density at radius 3 is 2.90 bits per heavy atom. The minimum absolute atomic E-state index is 0.0577. The highest BCUT2D eigenvalue weighted by Crippen LogP contribution is 2.40. The number of carbonyl (C=O) groups excluding carboxylic acids is 1. The Bertz CT molecular complexity index is 1230. The van der Waals surface area contributed by atoms with Crippen LogP contribution in [-0.4, -0.2) is 59.2 Å². The van der Waals surface area contributed by atoms with Crippen molar-refractivity contribution in [3.8, 4) is 27.8 Å². The number of rotatable bonds is 6. The summed E-state index contributed by atoms with van der Waals surface area (Å²) < 4.78 is 30.3. The summed E-state index contributed by atoms with van der Waals surface area (Å²) in [5, 5.41) is 7.72. The maximum Gasteiger partial charge on any atom is 0.251 e. The number of nitrogens with zero attached hydrogens (tertiary/aromatic N) is 4. The standard InChI is InChI=1S/C20H23N5O4S2/c1-12(2)25-18(22-11-23-25)20-24-17-14-10-13(19(26)21-7-9-31(3,27)28)4-5-15(14)29-8-6-16(17)30-20/h4-5,10-12H,6-9H2,1-3H3,(H,21,26). The molecule has 3 aromatic rings. The van der Waals surface area contributed by atoms with Crippen LogP contribution in [0, 0.1) is 0 Å². The molecule has 9 nitrogen and oxygen atoms in total. The van der Waals surface area contributed by atoms with Crippen molar-refractivity contribution < 1.29 is 17.9 Å². The highest BCUT2D eigenvalue weighted by atomic mass is 32.2. The third kappa shape index (κ3) is 4.62. The van der Waals surface area contributed by atoms with Crippen molar-refractivity contribution in [2.75, 3.05) is 25.2 Å². The van der Waals surface area contributed by atoms with Gasteiger partial charge in [-0.2, -0.15) is 5.10 Å². The molecule has 1 amide bonds. The molecule has 1 aromatic carbocycles. The van der Waals surface area contributed by atoms with Crippen molar-refractivity contribution in [3.05, 3.63) is 35.0 Å². The number of nitrogens with one attached hydrogen (secondary N) is 1. The Kier molecular flexibility index (Phi) is 5.80. The maximum absolute atomic E-state index is 12.5. The van der Waals surface area contributed by atoms with E-state index in [0.717, 1.165) is 27.4 Å². The van der Waals surface area contributed by atoms with Crippen molar-refractivity contribution in [2.45, 2.75) is 26.3 Å². The summed E-state index contributed by atoms with van der Waals surface area (Å²) in [5.41, 5.74) is 1.93. The van der Waals surface area contributed by atoms with E-state index in [1.165, 1.54) is 6.33 Å². The number of aromatic nitrogens is 4. The summed E-state index contributed by atoms with van der Waals surface area (Å²) in [6.45, 7) is 4.64. The van der Waals surface area contributed by atoms with E-state index in [1.807, 2.05) is 18.5 Å². The number of benzene rings is 1. The van der Waals surface area contributed by atoms with Crippen LogP contribution in [0.5, 0.6) is 5.75 Å². The largest absolute Gasteiger partial charge is 0.493 e. The van der Waals surface area contributed by atoms with Crippen LogP contribution in [0.3, 0.4) is 0 Å². The number of thiazole rings is 1. The van der Waals surface area contributed by atoms with Crippen LogP contribution in [0.25, 0.3) is 22.1 Å². The fourth-order valence-corrected chi connectivity index (χ4v) is 4.81. The van der Waals surface area contributed by atoms with Crippen LogP contribution in [0.4, 0.5) is 0 Å². The van der Waals surface area contributed by atoms with Gasteiger partial charge in [0.15, 0.2) is 10.8 Å². The Hall–Kier alpha value is -2.79. The molecule has 1 aliphatic rings. The van der Waals surface area contributed by atoms with E-state index in [9.17, 15) is 13.2 Å². The van der Waals surface area contributed by atoms with Crippen LogP contribution in [0.1, 0.15) is 35.1 Å². The third-order valence-corrected chi connectivity index (χ3v) is 6.85. The van der Waals surface area contributed by atoms with E-state index < -0.39 is 9.84 Å². The summed E-state index contributed by atoms with van der Waals surface area (Å²) in [7, 11) is -3.15. The third-order valence-electron chi connectivity index (χ3n) is 4.79. The minimum Gasteiger partial charge on any atom is -0.493 e. The summed E-state index contributed by atoms with van der Waals surface area (Å²) >= 11 is 1.55. The van der Waals surface area contributed by atoms with Crippen molar-refractivity contribution in [1.29, 1.82) is 0 Å². The molecule has 0 saturated carbocycles. The summed E-state index contributed by atoms with van der Waals surface area (Å²) in [4.78, 5) is 22.8. The smallest absolute Gasteiger partial charge is 0.251 e. The van der Waals surface area contributed by atoms with Gasteiger partial charge in [-0.05, 0) is 32.0 Å². The Morgan fingerprint density at radius 2 is 2.16 bits per heavy atom. The van der Waals surface area contributed by atoms with Gasteiger partial charge >= 0.3 is 0 Å². The molecule has 0 unspecified atom stereocenters. The van der Waals surface area contributed by atoms with Gasteiger partial charge in [-0.3, -0.25) is 4.79 Å². The van der Waals surface area contributed by atoms with Crippen molar-refractivity contribution in [2.24, 2.45) is 0 Å². The molecule has 0 fully saturated rings. The first-order chi connectivity index (χ1) is 14.7. The monoisotopic (exact) mass is 461 g/mol. The van der Waals surface area contributed by atoms with Gasteiger partial charge in [-0.1, -0.05) is 0 Å². The molecule has 1 N–H and O–H groups in total. The normalized spacial score (nSPS) is 13.3. The molecule has 0 spiro atoms. The number of carbonyl (C=O) groups is 1. The number of fused-ring (bicyclic) bond motifs is 3. The van der Waals surface area contributed by atoms with Crippen LogP contribution in [0.15, 0.2) is 24.5 Å². The molecule has 31 heavy (non-hydrogen) atoms. The molecular formula is C20H23N5O4S2.